The first kappa shape index (κ1) is 18.6. The van der Waals surface area contributed by atoms with Crippen LogP contribution in [0.5, 0.6) is 0 Å². The normalized spacial score (nSPS) is 16.4. The lowest BCUT2D eigenvalue weighted by Gasteiger charge is -2.23. The van der Waals surface area contributed by atoms with Gasteiger partial charge in [0.15, 0.2) is 0 Å². The summed E-state index contributed by atoms with van der Waals surface area (Å²) in [5, 5.41) is 10.4. The molecule has 0 atom stereocenters. The fourth-order valence-corrected chi connectivity index (χ4v) is 3.21. The van der Waals surface area contributed by atoms with Gasteiger partial charge >= 0.3 is 0 Å². The summed E-state index contributed by atoms with van der Waals surface area (Å²) in [5.74, 6) is 0.542. The Morgan fingerprint density at radius 2 is 2.00 bits per heavy atom. The van der Waals surface area contributed by atoms with Gasteiger partial charge in [0.1, 0.15) is 11.6 Å². The Bertz CT molecular complexity index is 870. The van der Waals surface area contributed by atoms with Gasteiger partial charge in [-0.3, -0.25) is 9.89 Å². The quantitative estimate of drug-likeness (QED) is 0.681. The molecule has 27 heavy (non-hydrogen) atoms. The van der Waals surface area contributed by atoms with E-state index in [1.165, 1.54) is 12.1 Å². The number of aromatic nitrogens is 2. The second-order valence-electron chi connectivity index (χ2n) is 6.58. The predicted molar refractivity (Wildman–Crippen MR) is 105 cm³/mol. The van der Waals surface area contributed by atoms with Gasteiger partial charge in [-0.25, -0.2) is 4.39 Å². The van der Waals surface area contributed by atoms with E-state index in [1.54, 1.807) is 24.4 Å². The van der Waals surface area contributed by atoms with E-state index in [9.17, 15) is 9.18 Å². The average molecular weight is 366 g/mol. The second kappa shape index (κ2) is 8.49. The van der Waals surface area contributed by atoms with Crippen LogP contribution in [0.3, 0.4) is 0 Å². The molecule has 0 radical (unpaired) electrons. The highest BCUT2D eigenvalue weighted by Gasteiger charge is 2.19. The molecular formula is C21H23FN4O. The minimum Gasteiger partial charge on any atom is -0.386 e. The van der Waals surface area contributed by atoms with Crippen LogP contribution in [0.15, 0.2) is 61.1 Å². The summed E-state index contributed by atoms with van der Waals surface area (Å²) in [5.41, 5.74) is 9.46. The van der Waals surface area contributed by atoms with Crippen molar-refractivity contribution in [1.82, 2.24) is 15.5 Å². The molecule has 1 fully saturated rings. The smallest absolute Gasteiger partial charge is 0.133 e. The van der Waals surface area contributed by atoms with E-state index in [4.69, 9.17) is 5.73 Å². The zero-order chi connectivity index (χ0) is 19.2. The van der Waals surface area contributed by atoms with E-state index in [-0.39, 0.29) is 11.9 Å². The van der Waals surface area contributed by atoms with Crippen LogP contribution in [0.25, 0.3) is 16.8 Å². The van der Waals surface area contributed by atoms with Gasteiger partial charge in [-0.2, -0.15) is 5.10 Å². The number of nitrogens with two attached hydrogens (primary N) is 1. The molecular weight excluding hydrogens is 343 g/mol. The third kappa shape index (κ3) is 4.73. The third-order valence-corrected chi connectivity index (χ3v) is 4.61. The molecule has 1 heterocycles. The maximum Gasteiger partial charge on any atom is 0.133 e. The van der Waals surface area contributed by atoms with Crippen LogP contribution in [0.2, 0.25) is 0 Å². The molecule has 1 aromatic carbocycles. The lowest BCUT2D eigenvalue weighted by molar-refractivity contribution is -0.120. The summed E-state index contributed by atoms with van der Waals surface area (Å²) in [6.07, 6.45) is 9.83. The zero-order valence-corrected chi connectivity index (χ0v) is 15.0. The number of hydrogen-bond acceptors (Lipinski definition) is 4. The standard InChI is InChI=1S/C21H23FN4O/c1-2-3-15(12-20(23)25-17-8-10-18(27)11-9-17)19-13-24-26-21(19)14-4-6-16(22)7-5-14/h2-7,12-13,17,25H,1,8-11,23H2,(H,24,26)/b15-3+,20-12+. The van der Waals surface area contributed by atoms with Crippen molar-refractivity contribution in [2.45, 2.75) is 31.7 Å². The first-order valence-electron chi connectivity index (χ1n) is 8.94. The van der Waals surface area contributed by atoms with Crippen molar-refractivity contribution in [2.75, 3.05) is 0 Å². The molecule has 2 aromatic rings. The number of hydrogen-bond donors (Lipinski definition) is 3. The molecule has 5 nitrogen and oxygen atoms in total. The van der Waals surface area contributed by atoms with Gasteiger partial charge < -0.3 is 11.1 Å². The van der Waals surface area contributed by atoms with E-state index < -0.39 is 0 Å². The van der Waals surface area contributed by atoms with Crippen LogP contribution in [-0.2, 0) is 4.79 Å². The minimum absolute atomic E-state index is 0.199. The number of ketones is 1. The Hall–Kier alpha value is -3.15. The van der Waals surface area contributed by atoms with E-state index in [1.807, 2.05) is 12.2 Å². The first-order valence-corrected chi connectivity index (χ1v) is 8.94. The summed E-state index contributed by atoms with van der Waals surface area (Å²) in [7, 11) is 0. The van der Waals surface area contributed by atoms with E-state index in [0.29, 0.717) is 24.4 Å². The van der Waals surface area contributed by atoms with Crippen LogP contribution in [-0.4, -0.2) is 22.0 Å². The number of halogens is 1. The highest BCUT2D eigenvalue weighted by atomic mass is 19.1. The molecule has 1 aliphatic carbocycles. The Morgan fingerprint density at radius 3 is 2.67 bits per heavy atom. The molecule has 0 saturated heterocycles. The summed E-state index contributed by atoms with van der Waals surface area (Å²) in [6.45, 7) is 3.77. The molecule has 6 heteroatoms. The highest BCUT2D eigenvalue weighted by molar-refractivity contribution is 5.84. The molecule has 1 aliphatic rings. The van der Waals surface area contributed by atoms with Crippen LogP contribution in [0, 0.1) is 5.82 Å². The maximum absolute atomic E-state index is 13.2. The zero-order valence-electron chi connectivity index (χ0n) is 15.0. The fraction of sp³-hybridized carbons (Fsp3) is 0.238. The van der Waals surface area contributed by atoms with Crippen molar-refractivity contribution in [1.29, 1.82) is 0 Å². The second-order valence-corrected chi connectivity index (χ2v) is 6.58. The van der Waals surface area contributed by atoms with Crippen LogP contribution in [0.4, 0.5) is 4.39 Å². The number of nitrogens with one attached hydrogen (secondary N) is 2. The van der Waals surface area contributed by atoms with Crippen LogP contribution in [0.1, 0.15) is 31.2 Å². The first-order chi connectivity index (χ1) is 13.1. The summed E-state index contributed by atoms with van der Waals surface area (Å²) >= 11 is 0. The molecule has 1 saturated carbocycles. The highest BCUT2D eigenvalue weighted by Crippen LogP contribution is 2.28. The Balaban J connectivity index is 1.83. The number of aromatic amines is 1. The molecule has 140 valence electrons. The van der Waals surface area contributed by atoms with Crippen LogP contribution >= 0.6 is 0 Å². The molecule has 0 unspecified atom stereocenters. The third-order valence-electron chi connectivity index (χ3n) is 4.61. The SMILES string of the molecule is C=C/C=C(\C=C(/N)NC1CCC(=O)CC1)c1cn[nH]c1-c1ccc(F)cc1. The van der Waals surface area contributed by atoms with E-state index in [0.717, 1.165) is 35.2 Å². The fourth-order valence-electron chi connectivity index (χ4n) is 3.21. The Morgan fingerprint density at radius 1 is 1.30 bits per heavy atom. The molecule has 4 N–H and O–H groups in total. The number of Topliss-reactive ketones (excluding diaryl/α,β-unsaturated/α-hetero) is 1. The van der Waals surface area contributed by atoms with Gasteiger partial charge in [0, 0.05) is 30.0 Å². The number of nitrogens with zero attached hydrogens (tertiary/aromatic N) is 1. The van der Waals surface area contributed by atoms with Crippen molar-refractivity contribution in [3.05, 3.63) is 72.5 Å². The Kier molecular flexibility index (Phi) is 5.86. The summed E-state index contributed by atoms with van der Waals surface area (Å²) < 4.78 is 13.2. The molecule has 0 amide bonds. The van der Waals surface area contributed by atoms with Gasteiger partial charge in [0.05, 0.1) is 17.7 Å². The molecule has 0 aliphatic heterocycles. The number of carbonyl (C=O) groups excluding carboxylic acids is 1. The van der Waals surface area contributed by atoms with Gasteiger partial charge in [-0.15, -0.1) is 0 Å². The topological polar surface area (TPSA) is 83.8 Å². The number of H-pyrrole nitrogens is 1. The van der Waals surface area contributed by atoms with Gasteiger partial charge in [-0.1, -0.05) is 18.7 Å². The lowest BCUT2D eigenvalue weighted by Crippen LogP contribution is -2.35. The predicted octanol–water partition coefficient (Wildman–Crippen LogP) is 3.69. The number of allylic oxidation sites excluding steroid dienone is 4. The van der Waals surface area contributed by atoms with E-state index in [2.05, 4.69) is 22.1 Å². The van der Waals surface area contributed by atoms with Crippen molar-refractivity contribution < 1.29 is 9.18 Å². The lowest BCUT2D eigenvalue weighted by atomic mass is 9.94. The van der Waals surface area contributed by atoms with Crippen molar-refractivity contribution in [3.63, 3.8) is 0 Å². The monoisotopic (exact) mass is 366 g/mol. The molecule has 3 rings (SSSR count). The Labute approximate surface area is 157 Å². The maximum atomic E-state index is 13.2. The van der Waals surface area contributed by atoms with Gasteiger partial charge in [0.2, 0.25) is 0 Å². The summed E-state index contributed by atoms with van der Waals surface area (Å²) in [4.78, 5) is 11.4. The van der Waals surface area contributed by atoms with Crippen molar-refractivity contribution in [2.24, 2.45) is 5.73 Å². The van der Waals surface area contributed by atoms with Crippen molar-refractivity contribution >= 4 is 11.4 Å². The molecule has 0 spiro atoms. The average Bonchev–Trinajstić information content (AvgIpc) is 3.13. The van der Waals surface area contributed by atoms with E-state index >= 15 is 0 Å². The summed E-state index contributed by atoms with van der Waals surface area (Å²) in [6, 6.07) is 6.41. The van der Waals surface area contributed by atoms with Crippen LogP contribution < -0.4 is 11.1 Å². The molecule has 1 aromatic heterocycles. The van der Waals surface area contributed by atoms with Crippen molar-refractivity contribution in [3.8, 4) is 11.3 Å². The largest absolute Gasteiger partial charge is 0.386 e. The molecule has 0 bridgehead atoms. The van der Waals surface area contributed by atoms with Gasteiger partial charge in [0.25, 0.3) is 0 Å². The minimum atomic E-state index is -0.291. The number of carbonyl (C=O) groups is 1. The number of benzene rings is 1. The van der Waals surface area contributed by atoms with Gasteiger partial charge in [-0.05, 0) is 48.8 Å². The number of rotatable bonds is 6.